The second-order valence-electron chi connectivity index (χ2n) is 9.99. The second kappa shape index (κ2) is 10.1. The molecule has 1 amide bonds. The van der Waals surface area contributed by atoms with Crippen molar-refractivity contribution in [2.75, 3.05) is 13.4 Å². The predicted molar refractivity (Wildman–Crippen MR) is 136 cm³/mol. The molecule has 3 aromatic rings. The van der Waals surface area contributed by atoms with Gasteiger partial charge < -0.3 is 24.6 Å². The highest BCUT2D eigenvalue weighted by Gasteiger charge is 2.28. The average Bonchev–Trinajstić information content (AvgIpc) is 3.33. The molecule has 1 aliphatic heterocycles. The number of rotatable bonds is 8. The Morgan fingerprint density at radius 1 is 0.944 bits per heavy atom. The van der Waals surface area contributed by atoms with E-state index >= 15 is 0 Å². The predicted octanol–water partition coefficient (Wildman–Crippen LogP) is 5.39. The van der Waals surface area contributed by atoms with Crippen molar-refractivity contribution in [1.29, 1.82) is 0 Å². The molecule has 3 aromatic carbocycles. The van der Waals surface area contributed by atoms with Gasteiger partial charge in [-0.2, -0.15) is 0 Å². The Bertz CT molecular complexity index is 1280. The average molecular weight is 490 g/mol. The van der Waals surface area contributed by atoms with Gasteiger partial charge in [-0.1, -0.05) is 49.6 Å². The van der Waals surface area contributed by atoms with Crippen LogP contribution in [0.3, 0.4) is 0 Å². The number of hydrogen-bond acceptors (Lipinski definition) is 5. The molecule has 1 heterocycles. The molecule has 0 saturated heterocycles. The van der Waals surface area contributed by atoms with Crippen molar-refractivity contribution in [2.45, 2.75) is 56.9 Å². The normalized spacial score (nSPS) is 16.9. The third-order valence-electron chi connectivity index (χ3n) is 7.18. The summed E-state index contributed by atoms with van der Waals surface area (Å²) in [4.78, 5) is 24.2. The maximum atomic E-state index is 12.5. The third kappa shape index (κ3) is 5.40. The van der Waals surface area contributed by atoms with Crippen molar-refractivity contribution in [1.82, 2.24) is 5.32 Å². The van der Waals surface area contributed by atoms with Gasteiger partial charge in [-0.15, -0.1) is 0 Å². The molecule has 1 atom stereocenters. The zero-order chi connectivity index (χ0) is 25.1. The molecule has 188 valence electrons. The zero-order valence-electron chi connectivity index (χ0n) is 20.4. The Balaban J connectivity index is 1.34. The standard InChI is InChI=1S/C29H31NO6/c1-29(11-3-2-4-12-29)30-27(31)17-34-23-9-7-19-5-6-20(13-22(19)14-23)24(16-28(32)33)21-8-10-25-26(15-21)36-18-35-25/h5-10,13-15,24H,2-4,11-12,16-18H2,1H3,(H,30,31)(H,32,33). The third-order valence-corrected chi connectivity index (χ3v) is 7.18. The van der Waals surface area contributed by atoms with Gasteiger partial charge in [0.25, 0.3) is 5.91 Å². The molecular formula is C29H31NO6. The maximum absolute atomic E-state index is 12.5. The molecule has 0 spiro atoms. The minimum absolute atomic E-state index is 0.0420. The van der Waals surface area contributed by atoms with Crippen molar-refractivity contribution < 1.29 is 28.9 Å². The van der Waals surface area contributed by atoms with Crippen LogP contribution < -0.4 is 19.5 Å². The van der Waals surface area contributed by atoms with Gasteiger partial charge in [0.2, 0.25) is 6.79 Å². The number of fused-ring (bicyclic) bond motifs is 2. The van der Waals surface area contributed by atoms with Crippen LogP contribution in [-0.4, -0.2) is 35.9 Å². The molecule has 1 saturated carbocycles. The number of ether oxygens (including phenoxy) is 3. The van der Waals surface area contributed by atoms with Crippen LogP contribution in [0.2, 0.25) is 0 Å². The molecule has 5 rings (SSSR count). The minimum atomic E-state index is -0.882. The number of carbonyl (C=O) groups excluding carboxylic acids is 1. The molecule has 1 aliphatic carbocycles. The monoisotopic (exact) mass is 489 g/mol. The lowest BCUT2D eigenvalue weighted by Crippen LogP contribution is -2.48. The number of amides is 1. The number of nitrogens with one attached hydrogen (secondary N) is 1. The van der Waals surface area contributed by atoms with Crippen LogP contribution in [0.25, 0.3) is 10.8 Å². The van der Waals surface area contributed by atoms with Crippen LogP contribution in [0.15, 0.2) is 54.6 Å². The minimum Gasteiger partial charge on any atom is -0.484 e. The quantitative estimate of drug-likeness (QED) is 0.440. The first-order valence-corrected chi connectivity index (χ1v) is 12.5. The highest BCUT2D eigenvalue weighted by atomic mass is 16.7. The van der Waals surface area contributed by atoms with E-state index in [-0.39, 0.29) is 37.2 Å². The Kier molecular flexibility index (Phi) is 6.72. The van der Waals surface area contributed by atoms with Gasteiger partial charge in [-0.3, -0.25) is 9.59 Å². The fourth-order valence-corrected chi connectivity index (χ4v) is 5.26. The topological polar surface area (TPSA) is 94.1 Å². The van der Waals surface area contributed by atoms with E-state index in [1.807, 2.05) is 54.6 Å². The second-order valence-corrected chi connectivity index (χ2v) is 9.99. The van der Waals surface area contributed by atoms with E-state index in [0.717, 1.165) is 47.6 Å². The first-order valence-electron chi connectivity index (χ1n) is 12.5. The molecule has 7 nitrogen and oxygen atoms in total. The maximum Gasteiger partial charge on any atom is 0.304 e. The molecular weight excluding hydrogens is 458 g/mol. The summed E-state index contributed by atoms with van der Waals surface area (Å²) in [6, 6.07) is 17.2. The van der Waals surface area contributed by atoms with E-state index in [1.165, 1.54) is 6.42 Å². The molecule has 0 radical (unpaired) electrons. The molecule has 0 aromatic heterocycles. The Labute approximate surface area is 210 Å². The van der Waals surface area contributed by atoms with Gasteiger partial charge in [-0.05, 0) is 65.9 Å². The van der Waals surface area contributed by atoms with Gasteiger partial charge in [-0.25, -0.2) is 0 Å². The number of aliphatic carboxylic acids is 1. The van der Waals surface area contributed by atoms with E-state index < -0.39 is 5.97 Å². The smallest absolute Gasteiger partial charge is 0.304 e. The number of hydrogen-bond donors (Lipinski definition) is 2. The van der Waals surface area contributed by atoms with Crippen molar-refractivity contribution in [3.63, 3.8) is 0 Å². The molecule has 36 heavy (non-hydrogen) atoms. The lowest BCUT2D eigenvalue weighted by Gasteiger charge is -2.34. The largest absolute Gasteiger partial charge is 0.484 e. The fourth-order valence-electron chi connectivity index (χ4n) is 5.26. The summed E-state index contributed by atoms with van der Waals surface area (Å²) in [5.74, 6) is 0.536. The summed E-state index contributed by atoms with van der Waals surface area (Å²) in [6.07, 6.45) is 5.44. The van der Waals surface area contributed by atoms with Gasteiger partial charge in [0.05, 0.1) is 6.42 Å². The SMILES string of the molecule is CC1(NC(=O)COc2ccc3ccc(C(CC(=O)O)c4ccc5c(c4)OCO5)cc3c2)CCCCC1. The van der Waals surface area contributed by atoms with Crippen molar-refractivity contribution in [3.8, 4) is 17.2 Å². The summed E-state index contributed by atoms with van der Waals surface area (Å²) in [7, 11) is 0. The van der Waals surface area contributed by atoms with Crippen LogP contribution in [0, 0.1) is 0 Å². The molecule has 2 N–H and O–H groups in total. The van der Waals surface area contributed by atoms with E-state index in [9.17, 15) is 14.7 Å². The van der Waals surface area contributed by atoms with Crippen LogP contribution in [-0.2, 0) is 9.59 Å². The summed E-state index contributed by atoms with van der Waals surface area (Å²) in [5, 5.41) is 14.7. The van der Waals surface area contributed by atoms with Crippen LogP contribution in [0.4, 0.5) is 0 Å². The molecule has 1 fully saturated rings. The first-order chi connectivity index (χ1) is 17.4. The molecule has 1 unspecified atom stereocenters. The summed E-state index contributed by atoms with van der Waals surface area (Å²) < 4.78 is 16.7. The number of benzene rings is 3. The van der Waals surface area contributed by atoms with Crippen LogP contribution >= 0.6 is 0 Å². The van der Waals surface area contributed by atoms with Gasteiger partial charge >= 0.3 is 5.97 Å². The summed E-state index contributed by atoms with van der Waals surface area (Å²) >= 11 is 0. The van der Waals surface area contributed by atoms with E-state index in [4.69, 9.17) is 14.2 Å². The zero-order valence-corrected chi connectivity index (χ0v) is 20.4. The number of carbonyl (C=O) groups is 2. The fraction of sp³-hybridized carbons (Fsp3) is 0.379. The first kappa shape index (κ1) is 24.0. The lowest BCUT2D eigenvalue weighted by molar-refractivity contribution is -0.137. The summed E-state index contributed by atoms with van der Waals surface area (Å²) in [5.41, 5.74) is 1.58. The van der Waals surface area contributed by atoms with Crippen molar-refractivity contribution in [3.05, 3.63) is 65.7 Å². The highest BCUT2D eigenvalue weighted by molar-refractivity contribution is 5.85. The molecule has 7 heteroatoms. The van der Waals surface area contributed by atoms with Gasteiger partial charge in [0.1, 0.15) is 5.75 Å². The Hall–Kier alpha value is -3.74. The van der Waals surface area contributed by atoms with E-state index in [1.54, 1.807) is 0 Å². The molecule has 2 aliphatic rings. The Morgan fingerprint density at radius 3 is 2.47 bits per heavy atom. The van der Waals surface area contributed by atoms with Crippen LogP contribution in [0.5, 0.6) is 17.2 Å². The Morgan fingerprint density at radius 2 is 1.67 bits per heavy atom. The highest BCUT2D eigenvalue weighted by Crippen LogP contribution is 2.38. The van der Waals surface area contributed by atoms with E-state index in [0.29, 0.717) is 17.2 Å². The molecule has 0 bridgehead atoms. The number of carboxylic acid groups (broad SMARTS) is 1. The van der Waals surface area contributed by atoms with Gasteiger partial charge in [0.15, 0.2) is 18.1 Å². The summed E-state index contributed by atoms with van der Waals surface area (Å²) in [6.45, 7) is 2.23. The van der Waals surface area contributed by atoms with Crippen molar-refractivity contribution >= 4 is 22.6 Å². The van der Waals surface area contributed by atoms with E-state index in [2.05, 4.69) is 12.2 Å². The number of carboxylic acids is 1. The lowest BCUT2D eigenvalue weighted by atomic mass is 9.83. The van der Waals surface area contributed by atoms with Gasteiger partial charge in [0, 0.05) is 11.5 Å². The van der Waals surface area contributed by atoms with Crippen LogP contribution in [0.1, 0.15) is 62.5 Å². The van der Waals surface area contributed by atoms with Crippen molar-refractivity contribution in [2.24, 2.45) is 0 Å².